The Morgan fingerprint density at radius 3 is 2.03 bits per heavy atom. The quantitative estimate of drug-likeness (QED) is 0.481. The van der Waals surface area contributed by atoms with Crippen molar-refractivity contribution in [3.8, 4) is 0 Å². The number of hydrogen-bond donors (Lipinski definition) is 2. The smallest absolute Gasteiger partial charge is 0.261 e. The Morgan fingerprint density at radius 2 is 1.45 bits per heavy atom. The van der Waals surface area contributed by atoms with Gasteiger partial charge in [-0.1, -0.05) is 29.8 Å². The van der Waals surface area contributed by atoms with E-state index in [1.807, 2.05) is 0 Å². The van der Waals surface area contributed by atoms with Crippen LogP contribution in [0.2, 0.25) is 5.02 Å². The van der Waals surface area contributed by atoms with E-state index < -0.39 is 32.5 Å². The van der Waals surface area contributed by atoms with E-state index in [1.165, 1.54) is 36.4 Å². The van der Waals surface area contributed by atoms with Crippen LogP contribution in [-0.2, 0) is 24.8 Å². The number of sulfonamides is 2. The Bertz CT molecular complexity index is 1360. The third-order valence-corrected chi connectivity index (χ3v) is 7.39. The Morgan fingerprint density at radius 1 is 0.879 bits per heavy atom. The summed E-state index contributed by atoms with van der Waals surface area (Å²) in [6.45, 7) is 1.32. The zero-order valence-corrected chi connectivity index (χ0v) is 20.2. The lowest BCUT2D eigenvalue weighted by Crippen LogP contribution is -2.37. The van der Waals surface area contributed by atoms with Gasteiger partial charge in [0.1, 0.15) is 6.54 Å². The molecule has 0 radical (unpaired) electrons. The van der Waals surface area contributed by atoms with Crippen molar-refractivity contribution < 1.29 is 21.6 Å². The van der Waals surface area contributed by atoms with Crippen LogP contribution in [0.1, 0.15) is 5.56 Å². The largest absolute Gasteiger partial charge is 0.325 e. The Hall–Kier alpha value is -3.08. The predicted octanol–water partition coefficient (Wildman–Crippen LogP) is 3.85. The van der Waals surface area contributed by atoms with Crippen molar-refractivity contribution in [2.24, 2.45) is 0 Å². The summed E-state index contributed by atoms with van der Waals surface area (Å²) in [5.74, 6) is -0.571. The fourth-order valence-corrected chi connectivity index (χ4v) is 5.10. The number of para-hydroxylation sites is 1. The van der Waals surface area contributed by atoms with Gasteiger partial charge in [-0.25, -0.2) is 16.8 Å². The second kappa shape index (κ2) is 9.82. The van der Waals surface area contributed by atoms with Gasteiger partial charge in [0, 0.05) is 16.4 Å². The number of carbonyl (C=O) groups excluding carboxylic acids is 1. The highest BCUT2D eigenvalue weighted by Crippen LogP contribution is 2.23. The number of halogens is 1. The Labute approximate surface area is 198 Å². The topological polar surface area (TPSA) is 113 Å². The number of nitrogens with zero attached hydrogens (tertiary/aromatic N) is 1. The highest BCUT2D eigenvalue weighted by atomic mass is 35.5. The molecule has 0 fully saturated rings. The molecule has 0 aliphatic carbocycles. The maximum absolute atomic E-state index is 12.6. The lowest BCUT2D eigenvalue weighted by atomic mass is 10.2. The van der Waals surface area contributed by atoms with Crippen LogP contribution in [0.25, 0.3) is 0 Å². The van der Waals surface area contributed by atoms with E-state index in [0.29, 0.717) is 27.6 Å². The summed E-state index contributed by atoms with van der Waals surface area (Å²) in [7, 11) is -7.55. The first kappa shape index (κ1) is 24.6. The van der Waals surface area contributed by atoms with Crippen LogP contribution < -0.4 is 14.3 Å². The predicted molar refractivity (Wildman–Crippen MR) is 131 cm³/mol. The van der Waals surface area contributed by atoms with Crippen LogP contribution in [0.3, 0.4) is 0 Å². The average molecular weight is 508 g/mol. The minimum atomic E-state index is -3.84. The van der Waals surface area contributed by atoms with Crippen molar-refractivity contribution in [3.63, 3.8) is 0 Å². The summed E-state index contributed by atoms with van der Waals surface area (Å²) in [6, 6.07) is 18.6. The molecule has 0 aromatic heterocycles. The summed E-state index contributed by atoms with van der Waals surface area (Å²) >= 11 is 5.81. The van der Waals surface area contributed by atoms with Gasteiger partial charge in [0.05, 0.1) is 16.8 Å². The van der Waals surface area contributed by atoms with Crippen LogP contribution in [-0.4, -0.2) is 35.5 Å². The van der Waals surface area contributed by atoms with E-state index in [2.05, 4.69) is 10.0 Å². The first-order chi connectivity index (χ1) is 15.5. The van der Waals surface area contributed by atoms with Gasteiger partial charge >= 0.3 is 0 Å². The maximum atomic E-state index is 12.6. The summed E-state index contributed by atoms with van der Waals surface area (Å²) in [5.41, 5.74) is 1.79. The summed E-state index contributed by atoms with van der Waals surface area (Å²) in [4.78, 5) is 12.5. The zero-order chi connectivity index (χ0) is 24.2. The summed E-state index contributed by atoms with van der Waals surface area (Å²) in [6.07, 6.45) is 1.03. The van der Waals surface area contributed by atoms with Gasteiger partial charge in [-0.15, -0.1) is 0 Å². The Balaban J connectivity index is 1.71. The fourth-order valence-electron chi connectivity index (χ4n) is 3.00. The van der Waals surface area contributed by atoms with Crippen molar-refractivity contribution in [1.29, 1.82) is 0 Å². The van der Waals surface area contributed by atoms with E-state index >= 15 is 0 Å². The highest BCUT2D eigenvalue weighted by molar-refractivity contribution is 7.92. The first-order valence-corrected chi connectivity index (χ1v) is 13.4. The van der Waals surface area contributed by atoms with Crippen LogP contribution in [0, 0.1) is 6.92 Å². The molecule has 0 heterocycles. The van der Waals surface area contributed by atoms with Crippen LogP contribution >= 0.6 is 11.6 Å². The van der Waals surface area contributed by atoms with Crippen molar-refractivity contribution in [2.45, 2.75) is 11.8 Å². The number of rotatable bonds is 8. The minimum Gasteiger partial charge on any atom is -0.325 e. The van der Waals surface area contributed by atoms with Crippen LogP contribution in [0.5, 0.6) is 0 Å². The van der Waals surface area contributed by atoms with Gasteiger partial charge in [-0.2, -0.15) is 0 Å². The van der Waals surface area contributed by atoms with E-state index in [4.69, 9.17) is 11.6 Å². The normalized spacial score (nSPS) is 11.6. The number of benzene rings is 3. The molecule has 3 aromatic carbocycles. The molecule has 0 spiro atoms. The van der Waals surface area contributed by atoms with Gasteiger partial charge in [-0.05, 0) is 67.1 Å². The first-order valence-electron chi connectivity index (χ1n) is 9.67. The van der Waals surface area contributed by atoms with E-state index in [-0.39, 0.29) is 4.90 Å². The molecule has 3 rings (SSSR count). The second-order valence-electron chi connectivity index (χ2n) is 7.24. The number of aryl methyl sites for hydroxylation is 1. The molecule has 0 saturated carbocycles. The van der Waals surface area contributed by atoms with Gasteiger partial charge in [-0.3, -0.25) is 13.8 Å². The fraction of sp³-hybridized carbons (Fsp3) is 0.136. The van der Waals surface area contributed by atoms with E-state index in [0.717, 1.165) is 10.6 Å². The van der Waals surface area contributed by atoms with Gasteiger partial charge < -0.3 is 5.32 Å². The number of anilines is 3. The minimum absolute atomic E-state index is 0.00637. The Kier molecular flexibility index (Phi) is 7.31. The third-order valence-electron chi connectivity index (χ3n) is 4.62. The molecule has 0 bridgehead atoms. The third kappa shape index (κ3) is 6.47. The molecule has 33 heavy (non-hydrogen) atoms. The lowest BCUT2D eigenvalue weighted by Gasteiger charge is -2.23. The molecule has 0 unspecified atom stereocenters. The van der Waals surface area contributed by atoms with E-state index in [9.17, 15) is 21.6 Å². The van der Waals surface area contributed by atoms with Gasteiger partial charge in [0.2, 0.25) is 15.9 Å². The molecule has 1 amide bonds. The van der Waals surface area contributed by atoms with Gasteiger partial charge in [0.15, 0.2) is 0 Å². The SMILES string of the molecule is Cc1ccccc1N(CC(=O)Nc1ccc(S(=O)(=O)Nc2ccc(Cl)cc2)cc1)S(C)(=O)=O. The van der Waals surface area contributed by atoms with Crippen molar-refractivity contribution >= 4 is 54.6 Å². The maximum Gasteiger partial charge on any atom is 0.261 e. The van der Waals surface area contributed by atoms with Crippen molar-refractivity contribution in [2.75, 3.05) is 27.1 Å². The molecule has 2 N–H and O–H groups in total. The number of nitrogens with one attached hydrogen (secondary N) is 2. The average Bonchev–Trinajstić information content (AvgIpc) is 2.74. The molecule has 0 aliphatic heterocycles. The molecule has 0 atom stereocenters. The molecule has 0 saturated heterocycles. The van der Waals surface area contributed by atoms with Gasteiger partial charge in [0.25, 0.3) is 10.0 Å². The molecule has 174 valence electrons. The second-order valence-corrected chi connectivity index (χ2v) is 11.3. The molecular weight excluding hydrogens is 486 g/mol. The summed E-state index contributed by atoms with van der Waals surface area (Å²) < 4.78 is 53.1. The van der Waals surface area contributed by atoms with Crippen molar-refractivity contribution in [1.82, 2.24) is 0 Å². The van der Waals surface area contributed by atoms with Crippen LogP contribution in [0.15, 0.2) is 77.7 Å². The highest BCUT2D eigenvalue weighted by Gasteiger charge is 2.22. The lowest BCUT2D eigenvalue weighted by molar-refractivity contribution is -0.114. The van der Waals surface area contributed by atoms with Crippen LogP contribution in [0.4, 0.5) is 17.1 Å². The molecular formula is C22H22ClN3O5S2. The molecule has 3 aromatic rings. The number of carbonyl (C=O) groups is 1. The standard InChI is InChI=1S/C22H22ClN3O5S2/c1-16-5-3-4-6-21(16)26(32(2,28)29)15-22(27)24-18-11-13-20(14-12-18)33(30,31)25-19-9-7-17(23)8-10-19/h3-14,25H,15H2,1-2H3,(H,24,27). The van der Waals surface area contributed by atoms with Crippen molar-refractivity contribution in [3.05, 3.63) is 83.4 Å². The molecule has 0 aliphatic rings. The summed E-state index contributed by atoms with van der Waals surface area (Å²) in [5, 5.41) is 3.07. The monoisotopic (exact) mass is 507 g/mol. The molecule has 8 nitrogen and oxygen atoms in total. The van der Waals surface area contributed by atoms with E-state index in [1.54, 1.807) is 43.3 Å². The number of hydrogen-bond acceptors (Lipinski definition) is 5. The zero-order valence-electron chi connectivity index (χ0n) is 17.8. The molecule has 11 heteroatoms. The number of amides is 1.